The SMILES string of the molecule is CCn1nc(C)c(CNC(=O)NC(C)c2ccc(F)cc2)c1C. The van der Waals surface area contributed by atoms with Crippen molar-refractivity contribution in [2.75, 3.05) is 0 Å². The number of carbonyl (C=O) groups is 1. The van der Waals surface area contributed by atoms with E-state index in [1.54, 1.807) is 12.1 Å². The normalized spacial score (nSPS) is 12.0. The highest BCUT2D eigenvalue weighted by Gasteiger charge is 2.13. The molecule has 0 saturated carbocycles. The Balaban J connectivity index is 1.92. The molecule has 2 rings (SSSR count). The zero-order valence-electron chi connectivity index (χ0n) is 14.0. The largest absolute Gasteiger partial charge is 0.334 e. The van der Waals surface area contributed by atoms with Gasteiger partial charge < -0.3 is 10.6 Å². The second-order valence-corrected chi connectivity index (χ2v) is 5.57. The molecule has 5 nitrogen and oxygen atoms in total. The van der Waals surface area contributed by atoms with Crippen molar-refractivity contribution in [3.63, 3.8) is 0 Å². The van der Waals surface area contributed by atoms with E-state index in [-0.39, 0.29) is 17.9 Å². The molecule has 124 valence electrons. The fourth-order valence-electron chi connectivity index (χ4n) is 2.55. The summed E-state index contributed by atoms with van der Waals surface area (Å²) in [7, 11) is 0. The Labute approximate surface area is 135 Å². The van der Waals surface area contributed by atoms with Crippen LogP contribution in [0.2, 0.25) is 0 Å². The smallest absolute Gasteiger partial charge is 0.315 e. The first kappa shape index (κ1) is 17.0. The summed E-state index contributed by atoms with van der Waals surface area (Å²) in [5, 5.41) is 10.1. The molecular weight excluding hydrogens is 295 g/mol. The summed E-state index contributed by atoms with van der Waals surface area (Å²) in [6.45, 7) is 9.07. The Morgan fingerprint density at radius 3 is 2.52 bits per heavy atom. The van der Waals surface area contributed by atoms with E-state index in [0.717, 1.165) is 29.1 Å². The molecule has 0 saturated heterocycles. The van der Waals surface area contributed by atoms with Gasteiger partial charge in [-0.1, -0.05) is 12.1 Å². The molecule has 0 aliphatic heterocycles. The maximum atomic E-state index is 12.9. The molecule has 1 aromatic heterocycles. The quantitative estimate of drug-likeness (QED) is 0.889. The van der Waals surface area contributed by atoms with Gasteiger partial charge in [0.2, 0.25) is 0 Å². The standard InChI is InChI=1S/C17H23FN4O/c1-5-22-13(4)16(12(3)21-22)10-19-17(23)20-11(2)14-6-8-15(18)9-7-14/h6-9,11H,5,10H2,1-4H3,(H2,19,20,23). The molecule has 2 N–H and O–H groups in total. The number of nitrogens with zero attached hydrogens (tertiary/aromatic N) is 2. The summed E-state index contributed by atoms with van der Waals surface area (Å²) < 4.78 is 14.8. The fourth-order valence-corrected chi connectivity index (χ4v) is 2.55. The lowest BCUT2D eigenvalue weighted by Crippen LogP contribution is -2.36. The van der Waals surface area contributed by atoms with Gasteiger partial charge in [0, 0.05) is 24.3 Å². The van der Waals surface area contributed by atoms with Gasteiger partial charge in [-0.2, -0.15) is 5.10 Å². The molecule has 6 heteroatoms. The van der Waals surface area contributed by atoms with Gasteiger partial charge in [-0.25, -0.2) is 9.18 Å². The first-order valence-corrected chi connectivity index (χ1v) is 7.75. The maximum absolute atomic E-state index is 12.9. The van der Waals surface area contributed by atoms with Crippen LogP contribution >= 0.6 is 0 Å². The molecule has 2 aromatic rings. The molecule has 0 spiro atoms. The zero-order chi connectivity index (χ0) is 17.0. The van der Waals surface area contributed by atoms with Crippen LogP contribution in [0.4, 0.5) is 9.18 Å². The lowest BCUT2D eigenvalue weighted by molar-refractivity contribution is 0.237. The van der Waals surface area contributed by atoms with E-state index in [4.69, 9.17) is 0 Å². The maximum Gasteiger partial charge on any atom is 0.315 e. The minimum absolute atomic E-state index is 0.198. The number of hydrogen-bond acceptors (Lipinski definition) is 2. The minimum Gasteiger partial charge on any atom is -0.334 e. The van der Waals surface area contributed by atoms with Crippen LogP contribution in [0.1, 0.15) is 42.4 Å². The number of halogens is 1. The summed E-state index contributed by atoms with van der Waals surface area (Å²) in [5.74, 6) is -0.288. The number of carbonyl (C=O) groups excluding carboxylic acids is 1. The van der Waals surface area contributed by atoms with Gasteiger partial charge in [-0.3, -0.25) is 4.68 Å². The van der Waals surface area contributed by atoms with E-state index in [1.807, 2.05) is 32.4 Å². The van der Waals surface area contributed by atoms with Crippen molar-refractivity contribution >= 4 is 6.03 Å². The van der Waals surface area contributed by atoms with Gasteiger partial charge in [0.15, 0.2) is 0 Å². The average Bonchev–Trinajstić information content (AvgIpc) is 2.79. The highest BCUT2D eigenvalue weighted by molar-refractivity contribution is 5.74. The third kappa shape index (κ3) is 4.09. The third-order valence-corrected chi connectivity index (χ3v) is 3.97. The number of amides is 2. The van der Waals surface area contributed by atoms with Gasteiger partial charge in [0.05, 0.1) is 11.7 Å². The number of hydrogen-bond donors (Lipinski definition) is 2. The average molecular weight is 318 g/mol. The molecule has 0 aliphatic carbocycles. The Morgan fingerprint density at radius 2 is 1.96 bits per heavy atom. The lowest BCUT2D eigenvalue weighted by Gasteiger charge is -2.15. The number of urea groups is 1. The minimum atomic E-state index is -0.288. The van der Waals surface area contributed by atoms with Crippen LogP contribution in [0.5, 0.6) is 0 Å². The second kappa shape index (κ2) is 7.26. The molecule has 23 heavy (non-hydrogen) atoms. The van der Waals surface area contributed by atoms with E-state index in [1.165, 1.54) is 12.1 Å². The number of aryl methyl sites for hydroxylation is 2. The molecular formula is C17H23FN4O. The van der Waals surface area contributed by atoms with E-state index in [0.29, 0.717) is 6.54 Å². The van der Waals surface area contributed by atoms with E-state index in [2.05, 4.69) is 15.7 Å². The number of nitrogens with one attached hydrogen (secondary N) is 2. The van der Waals surface area contributed by atoms with Crippen molar-refractivity contribution in [1.29, 1.82) is 0 Å². The highest BCUT2D eigenvalue weighted by atomic mass is 19.1. The Bertz CT molecular complexity index is 679. The first-order valence-electron chi connectivity index (χ1n) is 7.75. The van der Waals surface area contributed by atoms with Crippen LogP contribution in [-0.4, -0.2) is 15.8 Å². The van der Waals surface area contributed by atoms with E-state index in [9.17, 15) is 9.18 Å². The molecule has 1 atom stereocenters. The number of aromatic nitrogens is 2. The van der Waals surface area contributed by atoms with Crippen LogP contribution < -0.4 is 10.6 Å². The van der Waals surface area contributed by atoms with Gasteiger partial charge in [0.1, 0.15) is 5.82 Å². The zero-order valence-corrected chi connectivity index (χ0v) is 14.0. The second-order valence-electron chi connectivity index (χ2n) is 5.57. The fraction of sp³-hybridized carbons (Fsp3) is 0.412. The highest BCUT2D eigenvalue weighted by Crippen LogP contribution is 2.14. The third-order valence-electron chi connectivity index (χ3n) is 3.97. The van der Waals surface area contributed by atoms with Crippen molar-refractivity contribution in [3.8, 4) is 0 Å². The van der Waals surface area contributed by atoms with Gasteiger partial charge in [-0.15, -0.1) is 0 Å². The van der Waals surface area contributed by atoms with Gasteiger partial charge in [0.25, 0.3) is 0 Å². The molecule has 1 unspecified atom stereocenters. The molecule has 0 radical (unpaired) electrons. The monoisotopic (exact) mass is 318 g/mol. The molecule has 0 aliphatic rings. The van der Waals surface area contributed by atoms with E-state index < -0.39 is 0 Å². The summed E-state index contributed by atoms with van der Waals surface area (Å²) in [5.41, 5.74) is 3.89. The summed E-state index contributed by atoms with van der Waals surface area (Å²) in [6, 6.07) is 5.65. The van der Waals surface area contributed by atoms with Crippen molar-refractivity contribution in [1.82, 2.24) is 20.4 Å². The van der Waals surface area contributed by atoms with Gasteiger partial charge in [-0.05, 0) is 45.4 Å². The number of rotatable bonds is 5. The molecule has 2 amide bonds. The Morgan fingerprint density at radius 1 is 1.30 bits per heavy atom. The van der Waals surface area contributed by atoms with Crippen LogP contribution in [0, 0.1) is 19.7 Å². The van der Waals surface area contributed by atoms with Gasteiger partial charge >= 0.3 is 6.03 Å². The summed E-state index contributed by atoms with van der Waals surface area (Å²) >= 11 is 0. The predicted molar refractivity (Wildman–Crippen MR) is 87.6 cm³/mol. The molecule has 0 bridgehead atoms. The Hall–Kier alpha value is -2.37. The van der Waals surface area contributed by atoms with Crippen molar-refractivity contribution in [3.05, 3.63) is 52.6 Å². The number of benzene rings is 1. The first-order chi connectivity index (χ1) is 10.9. The van der Waals surface area contributed by atoms with Crippen LogP contribution in [0.3, 0.4) is 0 Å². The topological polar surface area (TPSA) is 59.0 Å². The summed E-state index contributed by atoms with van der Waals surface area (Å²) in [6.07, 6.45) is 0. The Kier molecular flexibility index (Phi) is 5.36. The van der Waals surface area contributed by atoms with Crippen LogP contribution in [-0.2, 0) is 13.1 Å². The van der Waals surface area contributed by atoms with Crippen molar-refractivity contribution in [2.24, 2.45) is 0 Å². The molecule has 1 aromatic carbocycles. The van der Waals surface area contributed by atoms with Crippen LogP contribution in [0.15, 0.2) is 24.3 Å². The van der Waals surface area contributed by atoms with Crippen molar-refractivity contribution < 1.29 is 9.18 Å². The lowest BCUT2D eigenvalue weighted by atomic mass is 10.1. The predicted octanol–water partition coefficient (Wildman–Crippen LogP) is 3.22. The van der Waals surface area contributed by atoms with E-state index >= 15 is 0 Å². The van der Waals surface area contributed by atoms with Crippen LogP contribution in [0.25, 0.3) is 0 Å². The molecule has 1 heterocycles. The molecule has 0 fully saturated rings. The summed E-state index contributed by atoms with van der Waals surface area (Å²) in [4.78, 5) is 12.0. The van der Waals surface area contributed by atoms with Crippen molar-refractivity contribution in [2.45, 2.75) is 46.8 Å².